The van der Waals surface area contributed by atoms with Gasteiger partial charge in [0.15, 0.2) is 0 Å². The Bertz CT molecular complexity index is 1100. The average Bonchev–Trinajstić information content (AvgIpc) is 2.76. The third-order valence-electron chi connectivity index (χ3n) is 4.36. The number of amides is 1. The van der Waals surface area contributed by atoms with Gasteiger partial charge in [-0.3, -0.25) is 9.10 Å². The number of carbonyl (C=O) groups excluding carboxylic acids is 1. The highest BCUT2D eigenvalue weighted by Gasteiger charge is 2.27. The van der Waals surface area contributed by atoms with Crippen molar-refractivity contribution < 1.29 is 17.6 Å². The largest absolute Gasteiger partial charge is 0.350 e. The maximum Gasteiger partial charge on any atom is 0.264 e. The first kappa shape index (κ1) is 21.9. The van der Waals surface area contributed by atoms with E-state index in [9.17, 15) is 17.6 Å². The summed E-state index contributed by atoms with van der Waals surface area (Å²) in [5.74, 6) is -1.08. The molecule has 0 saturated heterocycles. The molecule has 0 aliphatic rings. The van der Waals surface area contributed by atoms with E-state index in [1.165, 1.54) is 42.1 Å². The van der Waals surface area contributed by atoms with Crippen molar-refractivity contribution in [1.82, 2.24) is 5.32 Å². The van der Waals surface area contributed by atoms with Gasteiger partial charge in [0, 0.05) is 11.4 Å². The number of nitrogens with one attached hydrogen (secondary N) is 1. The first-order valence-corrected chi connectivity index (χ1v) is 11.8. The second-order valence-corrected chi connectivity index (χ2v) is 9.17. The van der Waals surface area contributed by atoms with Crippen LogP contribution >= 0.6 is 11.8 Å². The maximum atomic E-state index is 13.8. The van der Waals surface area contributed by atoms with Crippen LogP contribution in [0.5, 0.6) is 0 Å². The number of carbonyl (C=O) groups is 1. The quantitative estimate of drug-likeness (QED) is 0.532. The van der Waals surface area contributed by atoms with Crippen LogP contribution in [-0.2, 0) is 21.4 Å². The second-order valence-electron chi connectivity index (χ2n) is 6.43. The van der Waals surface area contributed by atoms with Crippen LogP contribution in [0.3, 0.4) is 0 Å². The van der Waals surface area contributed by atoms with Gasteiger partial charge in [0.25, 0.3) is 10.0 Å². The van der Waals surface area contributed by atoms with Crippen LogP contribution in [0.2, 0.25) is 0 Å². The van der Waals surface area contributed by atoms with Gasteiger partial charge < -0.3 is 5.32 Å². The first-order valence-electron chi connectivity index (χ1n) is 9.13. The van der Waals surface area contributed by atoms with Crippen molar-refractivity contribution in [1.29, 1.82) is 0 Å². The monoisotopic (exact) mass is 444 g/mol. The minimum Gasteiger partial charge on any atom is -0.350 e. The van der Waals surface area contributed by atoms with E-state index in [0.717, 1.165) is 20.8 Å². The van der Waals surface area contributed by atoms with E-state index < -0.39 is 28.3 Å². The van der Waals surface area contributed by atoms with Gasteiger partial charge in [-0.05, 0) is 54.3 Å². The van der Waals surface area contributed by atoms with Gasteiger partial charge in [-0.1, -0.05) is 36.4 Å². The summed E-state index contributed by atoms with van der Waals surface area (Å²) in [4.78, 5) is 13.5. The first-order chi connectivity index (χ1) is 14.4. The maximum absolute atomic E-state index is 13.8. The highest BCUT2D eigenvalue weighted by molar-refractivity contribution is 7.98. The van der Waals surface area contributed by atoms with Gasteiger partial charge in [-0.25, -0.2) is 12.8 Å². The Balaban J connectivity index is 1.87. The van der Waals surface area contributed by atoms with Crippen LogP contribution < -0.4 is 9.62 Å². The number of thioether (sulfide) groups is 1. The molecular weight excluding hydrogens is 423 g/mol. The van der Waals surface area contributed by atoms with E-state index in [-0.39, 0.29) is 17.1 Å². The lowest BCUT2D eigenvalue weighted by atomic mass is 10.2. The fourth-order valence-electron chi connectivity index (χ4n) is 2.80. The minimum absolute atomic E-state index is 0.0282. The topological polar surface area (TPSA) is 66.5 Å². The van der Waals surface area contributed by atoms with E-state index in [1.807, 2.05) is 36.6 Å². The third kappa shape index (κ3) is 5.40. The lowest BCUT2D eigenvalue weighted by Gasteiger charge is -2.24. The molecule has 0 spiro atoms. The summed E-state index contributed by atoms with van der Waals surface area (Å²) in [6.45, 7) is -0.206. The summed E-state index contributed by atoms with van der Waals surface area (Å²) >= 11 is 1.49. The van der Waals surface area contributed by atoms with Crippen LogP contribution in [0.15, 0.2) is 88.7 Å². The average molecular weight is 445 g/mol. The van der Waals surface area contributed by atoms with Gasteiger partial charge in [0.1, 0.15) is 12.4 Å². The zero-order valence-corrected chi connectivity index (χ0v) is 17.9. The molecule has 0 bridgehead atoms. The Labute approximate surface area is 180 Å². The van der Waals surface area contributed by atoms with Crippen LogP contribution in [0.25, 0.3) is 0 Å². The predicted molar refractivity (Wildman–Crippen MR) is 117 cm³/mol. The number of hydrogen-bond donors (Lipinski definition) is 1. The van der Waals surface area contributed by atoms with Gasteiger partial charge in [-0.15, -0.1) is 11.8 Å². The van der Waals surface area contributed by atoms with Crippen molar-refractivity contribution in [2.45, 2.75) is 16.3 Å². The fourth-order valence-corrected chi connectivity index (χ4v) is 4.63. The van der Waals surface area contributed by atoms with E-state index in [2.05, 4.69) is 5.32 Å². The van der Waals surface area contributed by atoms with Crippen LogP contribution in [0.4, 0.5) is 10.1 Å². The molecule has 0 aliphatic heterocycles. The molecule has 5 nitrogen and oxygen atoms in total. The molecule has 0 aliphatic carbocycles. The summed E-state index contributed by atoms with van der Waals surface area (Å²) in [6, 6.07) is 20.8. The Hall–Kier alpha value is -2.84. The van der Waals surface area contributed by atoms with E-state index in [4.69, 9.17) is 0 Å². The Morgan fingerprint density at radius 2 is 1.70 bits per heavy atom. The molecule has 3 aromatic carbocycles. The molecule has 0 unspecified atom stereocenters. The minimum atomic E-state index is -4.08. The summed E-state index contributed by atoms with van der Waals surface area (Å²) in [7, 11) is -4.08. The Morgan fingerprint density at radius 1 is 1.00 bits per heavy atom. The number of anilines is 1. The molecule has 0 radical (unpaired) electrons. The molecule has 1 N–H and O–H groups in total. The smallest absolute Gasteiger partial charge is 0.264 e. The van der Waals surface area contributed by atoms with Crippen LogP contribution in [0, 0.1) is 5.82 Å². The van der Waals surface area contributed by atoms with Gasteiger partial charge in [0.05, 0.1) is 10.6 Å². The SMILES string of the molecule is CSc1ccc(S(=O)(=O)N(CC(=O)NCc2ccccc2)c2cccc(F)c2)cc1. The third-order valence-corrected chi connectivity index (χ3v) is 6.89. The van der Waals surface area contributed by atoms with Gasteiger partial charge >= 0.3 is 0 Å². The molecular formula is C22H21FN2O3S2. The molecule has 0 saturated carbocycles. The standard InChI is InChI=1S/C22H21FN2O3S2/c1-29-20-10-12-21(13-11-20)30(27,28)25(19-9-5-8-18(23)14-19)16-22(26)24-15-17-6-3-2-4-7-17/h2-14H,15-16H2,1H3,(H,24,26). The van der Waals surface area contributed by atoms with E-state index in [1.54, 1.807) is 12.1 Å². The van der Waals surface area contributed by atoms with Crippen molar-refractivity contribution in [3.8, 4) is 0 Å². The lowest BCUT2D eigenvalue weighted by Crippen LogP contribution is -2.40. The molecule has 0 fully saturated rings. The summed E-state index contributed by atoms with van der Waals surface area (Å²) in [5, 5.41) is 2.71. The lowest BCUT2D eigenvalue weighted by molar-refractivity contribution is -0.119. The highest BCUT2D eigenvalue weighted by atomic mass is 32.2. The molecule has 156 valence electrons. The van der Waals surface area contributed by atoms with E-state index in [0.29, 0.717) is 0 Å². The molecule has 8 heteroatoms. The number of hydrogen-bond acceptors (Lipinski definition) is 4. The zero-order chi connectivity index (χ0) is 21.6. The number of benzene rings is 3. The molecule has 0 heterocycles. The number of nitrogens with zero attached hydrogens (tertiary/aromatic N) is 1. The number of halogens is 1. The zero-order valence-electron chi connectivity index (χ0n) is 16.3. The molecule has 30 heavy (non-hydrogen) atoms. The summed E-state index contributed by atoms with van der Waals surface area (Å²) < 4.78 is 41.3. The van der Waals surface area contributed by atoms with Crippen LogP contribution in [-0.4, -0.2) is 27.1 Å². The molecule has 1 amide bonds. The molecule has 3 rings (SSSR count). The van der Waals surface area contributed by atoms with Crippen molar-refractivity contribution in [2.75, 3.05) is 17.1 Å². The van der Waals surface area contributed by atoms with Crippen molar-refractivity contribution in [2.24, 2.45) is 0 Å². The molecule has 3 aromatic rings. The van der Waals surface area contributed by atoms with Crippen molar-refractivity contribution in [3.05, 3.63) is 90.2 Å². The second kappa shape index (κ2) is 9.77. The molecule has 0 aromatic heterocycles. The van der Waals surface area contributed by atoms with E-state index >= 15 is 0 Å². The Morgan fingerprint density at radius 3 is 2.33 bits per heavy atom. The molecule has 0 atom stereocenters. The fraction of sp³-hybridized carbons (Fsp3) is 0.136. The normalized spacial score (nSPS) is 11.1. The van der Waals surface area contributed by atoms with Crippen LogP contribution in [0.1, 0.15) is 5.56 Å². The van der Waals surface area contributed by atoms with Gasteiger partial charge in [-0.2, -0.15) is 0 Å². The van der Waals surface area contributed by atoms with Gasteiger partial charge in [0.2, 0.25) is 5.91 Å². The summed E-state index contributed by atoms with van der Waals surface area (Å²) in [6.07, 6.45) is 1.89. The summed E-state index contributed by atoms with van der Waals surface area (Å²) in [5.41, 5.74) is 0.970. The van der Waals surface area contributed by atoms with Crippen molar-refractivity contribution in [3.63, 3.8) is 0 Å². The highest BCUT2D eigenvalue weighted by Crippen LogP contribution is 2.26. The van der Waals surface area contributed by atoms with Crippen molar-refractivity contribution >= 4 is 33.4 Å². The Kier molecular flexibility index (Phi) is 7.12. The number of sulfonamides is 1. The number of rotatable bonds is 8. The predicted octanol–water partition coefficient (Wildman–Crippen LogP) is 4.06.